The fourth-order valence-electron chi connectivity index (χ4n) is 1.63. The predicted molar refractivity (Wildman–Crippen MR) is 78.5 cm³/mol. The van der Waals surface area contributed by atoms with Gasteiger partial charge in [-0.05, 0) is 29.1 Å². The molecule has 7 heteroatoms. The second kappa shape index (κ2) is 6.85. The van der Waals surface area contributed by atoms with Crippen molar-refractivity contribution in [3.05, 3.63) is 40.2 Å². The van der Waals surface area contributed by atoms with Crippen molar-refractivity contribution in [3.8, 4) is 5.75 Å². The number of carbonyl (C=O) groups is 2. The standard InChI is InChI=1S/C14H14N2O4S/c1-9(17)16-12-7-10(3-5-15-12)8-20-11-4-6-21-13(11)14(18)19-2/h3-7H,8H2,1-2H3,(H,15,16,17). The molecule has 0 fully saturated rings. The van der Waals surface area contributed by atoms with E-state index in [4.69, 9.17) is 4.74 Å². The minimum Gasteiger partial charge on any atom is -0.487 e. The summed E-state index contributed by atoms with van der Waals surface area (Å²) in [6.45, 7) is 1.68. The number of rotatable bonds is 5. The van der Waals surface area contributed by atoms with Gasteiger partial charge in [-0.1, -0.05) is 0 Å². The Bertz CT molecular complexity index is 654. The lowest BCUT2D eigenvalue weighted by Crippen LogP contribution is -2.08. The van der Waals surface area contributed by atoms with Gasteiger partial charge in [0.05, 0.1) is 7.11 Å². The van der Waals surface area contributed by atoms with Gasteiger partial charge in [-0.3, -0.25) is 4.79 Å². The summed E-state index contributed by atoms with van der Waals surface area (Å²) in [5, 5.41) is 4.36. The number of aromatic nitrogens is 1. The third kappa shape index (κ3) is 4.03. The molecule has 0 atom stereocenters. The number of hydrogen-bond acceptors (Lipinski definition) is 6. The molecule has 0 bridgehead atoms. The molecule has 0 saturated heterocycles. The number of amides is 1. The normalized spacial score (nSPS) is 10.0. The lowest BCUT2D eigenvalue weighted by molar-refractivity contribution is -0.114. The molecule has 0 aliphatic rings. The van der Waals surface area contributed by atoms with Crippen LogP contribution in [-0.2, 0) is 16.1 Å². The van der Waals surface area contributed by atoms with Gasteiger partial charge >= 0.3 is 5.97 Å². The van der Waals surface area contributed by atoms with Crippen LogP contribution in [-0.4, -0.2) is 24.0 Å². The number of ether oxygens (including phenoxy) is 2. The maximum absolute atomic E-state index is 11.5. The minimum absolute atomic E-state index is 0.189. The quantitative estimate of drug-likeness (QED) is 0.859. The van der Waals surface area contributed by atoms with Crippen molar-refractivity contribution in [2.75, 3.05) is 12.4 Å². The third-order valence-corrected chi connectivity index (χ3v) is 3.40. The molecule has 0 unspecified atom stereocenters. The van der Waals surface area contributed by atoms with E-state index in [1.165, 1.54) is 25.4 Å². The topological polar surface area (TPSA) is 77.5 Å². The Balaban J connectivity index is 2.05. The van der Waals surface area contributed by atoms with Crippen molar-refractivity contribution in [1.82, 2.24) is 4.98 Å². The summed E-state index contributed by atoms with van der Waals surface area (Å²) in [5.41, 5.74) is 0.829. The first-order chi connectivity index (χ1) is 10.1. The minimum atomic E-state index is -0.423. The Hall–Kier alpha value is -2.41. The summed E-state index contributed by atoms with van der Waals surface area (Å²) in [7, 11) is 1.33. The molecule has 0 aromatic carbocycles. The summed E-state index contributed by atoms with van der Waals surface area (Å²) in [6.07, 6.45) is 1.58. The highest BCUT2D eigenvalue weighted by Gasteiger charge is 2.14. The van der Waals surface area contributed by atoms with Crippen LogP contribution in [0.2, 0.25) is 0 Å². The largest absolute Gasteiger partial charge is 0.487 e. The molecule has 2 rings (SSSR count). The van der Waals surface area contributed by atoms with Crippen molar-refractivity contribution in [1.29, 1.82) is 0 Å². The van der Waals surface area contributed by atoms with E-state index in [-0.39, 0.29) is 12.5 Å². The van der Waals surface area contributed by atoms with Crippen LogP contribution >= 0.6 is 11.3 Å². The second-order valence-electron chi connectivity index (χ2n) is 4.12. The van der Waals surface area contributed by atoms with Crippen LogP contribution < -0.4 is 10.1 Å². The molecule has 0 spiro atoms. The number of thiophene rings is 1. The fourth-order valence-corrected chi connectivity index (χ4v) is 2.38. The van der Waals surface area contributed by atoms with Gasteiger partial charge in [0.25, 0.3) is 0 Å². The van der Waals surface area contributed by atoms with Crippen molar-refractivity contribution >= 4 is 29.0 Å². The molecular formula is C14H14N2O4S. The van der Waals surface area contributed by atoms with Crippen LogP contribution in [0.25, 0.3) is 0 Å². The van der Waals surface area contributed by atoms with E-state index in [0.29, 0.717) is 16.4 Å². The van der Waals surface area contributed by atoms with Crippen LogP contribution in [0.1, 0.15) is 22.2 Å². The van der Waals surface area contributed by atoms with Gasteiger partial charge in [0.1, 0.15) is 18.2 Å². The molecule has 110 valence electrons. The summed E-state index contributed by atoms with van der Waals surface area (Å²) < 4.78 is 10.3. The fraction of sp³-hybridized carbons (Fsp3) is 0.214. The average molecular weight is 306 g/mol. The highest BCUT2D eigenvalue weighted by molar-refractivity contribution is 7.12. The molecule has 2 aromatic rings. The molecule has 6 nitrogen and oxygen atoms in total. The first kappa shape index (κ1) is 15.0. The zero-order valence-corrected chi connectivity index (χ0v) is 12.4. The van der Waals surface area contributed by atoms with E-state index in [1.54, 1.807) is 29.8 Å². The van der Waals surface area contributed by atoms with Crippen LogP contribution in [0, 0.1) is 0 Å². The molecule has 1 N–H and O–H groups in total. The molecule has 1 amide bonds. The number of nitrogens with one attached hydrogen (secondary N) is 1. The van der Waals surface area contributed by atoms with Gasteiger partial charge in [0.15, 0.2) is 4.88 Å². The van der Waals surface area contributed by atoms with Crippen LogP contribution in [0.5, 0.6) is 5.75 Å². The first-order valence-electron chi connectivity index (χ1n) is 6.11. The summed E-state index contributed by atoms with van der Waals surface area (Å²) in [5.74, 6) is 0.326. The zero-order chi connectivity index (χ0) is 15.2. The molecule has 0 saturated carbocycles. The maximum Gasteiger partial charge on any atom is 0.351 e. The zero-order valence-electron chi connectivity index (χ0n) is 11.6. The molecule has 0 radical (unpaired) electrons. The smallest absolute Gasteiger partial charge is 0.351 e. The lowest BCUT2D eigenvalue weighted by Gasteiger charge is -2.08. The highest BCUT2D eigenvalue weighted by Crippen LogP contribution is 2.26. The number of esters is 1. The number of carbonyl (C=O) groups excluding carboxylic acids is 2. The van der Waals surface area contributed by atoms with Crippen molar-refractivity contribution in [2.24, 2.45) is 0 Å². The van der Waals surface area contributed by atoms with Gasteiger partial charge in [-0.25, -0.2) is 9.78 Å². The molecule has 2 aromatic heterocycles. The monoisotopic (exact) mass is 306 g/mol. The molecular weight excluding hydrogens is 292 g/mol. The van der Waals surface area contributed by atoms with Gasteiger partial charge < -0.3 is 14.8 Å². The lowest BCUT2D eigenvalue weighted by atomic mass is 10.3. The first-order valence-corrected chi connectivity index (χ1v) is 6.99. The molecule has 2 heterocycles. The van der Waals surface area contributed by atoms with Crippen LogP contribution in [0.4, 0.5) is 5.82 Å². The van der Waals surface area contributed by atoms with E-state index in [1.807, 2.05) is 0 Å². The van der Waals surface area contributed by atoms with E-state index >= 15 is 0 Å². The summed E-state index contributed by atoms with van der Waals surface area (Å²) >= 11 is 1.26. The maximum atomic E-state index is 11.5. The summed E-state index contributed by atoms with van der Waals surface area (Å²) in [4.78, 5) is 27.0. The Morgan fingerprint density at radius 1 is 1.38 bits per heavy atom. The van der Waals surface area contributed by atoms with E-state index < -0.39 is 5.97 Å². The van der Waals surface area contributed by atoms with E-state index in [2.05, 4.69) is 15.0 Å². The summed E-state index contributed by atoms with van der Waals surface area (Å²) in [6, 6.07) is 5.20. The molecule has 0 aliphatic heterocycles. The second-order valence-corrected chi connectivity index (χ2v) is 5.04. The number of pyridine rings is 1. The van der Waals surface area contributed by atoms with Crippen molar-refractivity contribution in [3.63, 3.8) is 0 Å². The number of anilines is 1. The Morgan fingerprint density at radius 3 is 2.90 bits per heavy atom. The van der Waals surface area contributed by atoms with Crippen LogP contribution in [0.15, 0.2) is 29.8 Å². The van der Waals surface area contributed by atoms with Crippen LogP contribution in [0.3, 0.4) is 0 Å². The molecule has 21 heavy (non-hydrogen) atoms. The van der Waals surface area contributed by atoms with Gasteiger partial charge in [0.2, 0.25) is 5.91 Å². The van der Waals surface area contributed by atoms with Gasteiger partial charge in [-0.2, -0.15) is 0 Å². The number of nitrogens with zero attached hydrogens (tertiary/aromatic N) is 1. The van der Waals surface area contributed by atoms with E-state index in [0.717, 1.165) is 5.56 Å². The van der Waals surface area contributed by atoms with Crippen molar-refractivity contribution in [2.45, 2.75) is 13.5 Å². The third-order valence-electron chi connectivity index (χ3n) is 2.52. The Kier molecular flexibility index (Phi) is 4.89. The predicted octanol–water partition coefficient (Wildman–Crippen LogP) is 2.47. The Morgan fingerprint density at radius 2 is 2.19 bits per heavy atom. The molecule has 0 aliphatic carbocycles. The van der Waals surface area contributed by atoms with E-state index in [9.17, 15) is 9.59 Å². The number of hydrogen-bond donors (Lipinski definition) is 1. The number of methoxy groups -OCH3 is 1. The van der Waals surface area contributed by atoms with Crippen molar-refractivity contribution < 1.29 is 19.1 Å². The van der Waals surface area contributed by atoms with Gasteiger partial charge in [-0.15, -0.1) is 11.3 Å². The van der Waals surface area contributed by atoms with Gasteiger partial charge in [0, 0.05) is 13.1 Å². The Labute approximate surface area is 125 Å². The highest BCUT2D eigenvalue weighted by atomic mass is 32.1. The SMILES string of the molecule is COC(=O)c1sccc1OCc1ccnc(NC(C)=O)c1. The average Bonchev–Trinajstić information content (AvgIpc) is 2.92.